The van der Waals surface area contributed by atoms with Gasteiger partial charge in [-0.25, -0.2) is 0 Å². The molecule has 1 aliphatic rings. The topological polar surface area (TPSA) is 89.5 Å². The number of nitro benzene ring substituents is 1. The minimum Gasteiger partial charge on any atom is -0.336 e. The number of non-ortho nitro benzene ring substituents is 1. The van der Waals surface area contributed by atoms with E-state index in [1.807, 2.05) is 18.7 Å². The second-order valence-corrected chi connectivity index (χ2v) is 6.61. The summed E-state index contributed by atoms with van der Waals surface area (Å²) in [4.78, 5) is 25.0. The molecular formula is C17H25N3O3. The predicted octanol–water partition coefficient (Wildman–Crippen LogP) is 2.85. The predicted molar refractivity (Wildman–Crippen MR) is 88.7 cm³/mol. The van der Waals surface area contributed by atoms with Crippen molar-refractivity contribution >= 4 is 11.6 Å². The van der Waals surface area contributed by atoms with Crippen molar-refractivity contribution in [1.82, 2.24) is 4.90 Å². The Bertz CT molecular complexity index is 557. The highest BCUT2D eigenvalue weighted by Gasteiger charge is 2.30. The molecule has 2 atom stereocenters. The Hall–Kier alpha value is -1.95. The summed E-state index contributed by atoms with van der Waals surface area (Å²) in [5.74, 6) is 0.146. The van der Waals surface area contributed by atoms with Crippen molar-refractivity contribution in [3.05, 3.63) is 39.9 Å². The fourth-order valence-electron chi connectivity index (χ4n) is 3.12. The van der Waals surface area contributed by atoms with E-state index in [0.29, 0.717) is 6.54 Å². The summed E-state index contributed by atoms with van der Waals surface area (Å²) in [6.07, 6.45) is 3.65. The van der Waals surface area contributed by atoms with Crippen LogP contribution in [0.25, 0.3) is 0 Å². The number of hydrogen-bond donors (Lipinski definition) is 1. The molecule has 2 unspecified atom stereocenters. The number of amides is 1. The Morgan fingerprint density at radius 1 is 1.35 bits per heavy atom. The molecule has 0 heterocycles. The summed E-state index contributed by atoms with van der Waals surface area (Å²) >= 11 is 0. The van der Waals surface area contributed by atoms with Crippen LogP contribution in [0.4, 0.5) is 5.69 Å². The maximum absolute atomic E-state index is 12.8. The molecule has 6 heteroatoms. The highest BCUT2D eigenvalue weighted by Crippen LogP contribution is 2.26. The van der Waals surface area contributed by atoms with Crippen LogP contribution in [0.3, 0.4) is 0 Å². The number of rotatable bonds is 5. The Labute approximate surface area is 136 Å². The second kappa shape index (κ2) is 7.55. The van der Waals surface area contributed by atoms with Crippen LogP contribution in [0, 0.1) is 16.0 Å². The molecule has 126 valence electrons. The zero-order valence-electron chi connectivity index (χ0n) is 13.8. The van der Waals surface area contributed by atoms with Gasteiger partial charge in [0.2, 0.25) is 5.91 Å². The van der Waals surface area contributed by atoms with Crippen molar-refractivity contribution in [2.24, 2.45) is 11.7 Å². The smallest absolute Gasteiger partial charge is 0.269 e. The molecule has 0 bridgehead atoms. The molecular weight excluding hydrogens is 294 g/mol. The lowest BCUT2D eigenvalue weighted by Crippen LogP contribution is -2.43. The number of nitrogens with zero attached hydrogens (tertiary/aromatic N) is 2. The highest BCUT2D eigenvalue weighted by atomic mass is 16.6. The zero-order chi connectivity index (χ0) is 17.0. The molecule has 0 saturated heterocycles. The highest BCUT2D eigenvalue weighted by molar-refractivity contribution is 5.79. The molecule has 0 radical (unpaired) electrons. The van der Waals surface area contributed by atoms with Crippen LogP contribution < -0.4 is 5.73 Å². The zero-order valence-corrected chi connectivity index (χ0v) is 13.8. The van der Waals surface area contributed by atoms with Gasteiger partial charge in [0, 0.05) is 36.7 Å². The van der Waals surface area contributed by atoms with Gasteiger partial charge in [-0.3, -0.25) is 14.9 Å². The number of benzene rings is 1. The number of carbonyl (C=O) groups is 1. The standard InChI is InChI=1S/C17H25N3O3/c1-12(2)19(17(21)14-4-3-5-15(18)10-14)11-13-6-8-16(9-7-13)20(22)23/h6-9,12,14-15H,3-5,10-11,18H2,1-2H3. The van der Waals surface area contributed by atoms with Crippen molar-refractivity contribution in [3.8, 4) is 0 Å². The van der Waals surface area contributed by atoms with Gasteiger partial charge in [-0.1, -0.05) is 18.6 Å². The van der Waals surface area contributed by atoms with E-state index in [-0.39, 0.29) is 29.6 Å². The van der Waals surface area contributed by atoms with Crippen LogP contribution in [-0.2, 0) is 11.3 Å². The monoisotopic (exact) mass is 319 g/mol. The molecule has 1 saturated carbocycles. The number of carbonyl (C=O) groups excluding carboxylic acids is 1. The fraction of sp³-hybridized carbons (Fsp3) is 0.588. The van der Waals surface area contributed by atoms with Crippen LogP contribution in [0.5, 0.6) is 0 Å². The van der Waals surface area contributed by atoms with Crippen LogP contribution in [0.15, 0.2) is 24.3 Å². The summed E-state index contributed by atoms with van der Waals surface area (Å²) < 4.78 is 0. The summed E-state index contributed by atoms with van der Waals surface area (Å²) in [6.45, 7) is 4.46. The quantitative estimate of drug-likeness (QED) is 0.667. The molecule has 1 aromatic rings. The first-order chi connectivity index (χ1) is 10.9. The largest absolute Gasteiger partial charge is 0.336 e. The molecule has 2 N–H and O–H groups in total. The van der Waals surface area contributed by atoms with Gasteiger partial charge < -0.3 is 10.6 Å². The number of nitrogens with two attached hydrogens (primary N) is 1. The molecule has 0 aliphatic heterocycles. The summed E-state index contributed by atoms with van der Waals surface area (Å²) in [6, 6.07) is 6.59. The lowest BCUT2D eigenvalue weighted by molar-refractivity contribution is -0.384. The second-order valence-electron chi connectivity index (χ2n) is 6.61. The maximum atomic E-state index is 12.8. The van der Waals surface area contributed by atoms with E-state index in [4.69, 9.17) is 5.73 Å². The summed E-state index contributed by atoms with van der Waals surface area (Å²) in [5, 5.41) is 10.7. The van der Waals surface area contributed by atoms with Crippen molar-refractivity contribution in [1.29, 1.82) is 0 Å². The van der Waals surface area contributed by atoms with Gasteiger partial charge in [-0.05, 0) is 38.7 Å². The first-order valence-corrected chi connectivity index (χ1v) is 8.18. The van der Waals surface area contributed by atoms with E-state index in [1.165, 1.54) is 12.1 Å². The lowest BCUT2D eigenvalue weighted by atomic mass is 9.85. The van der Waals surface area contributed by atoms with Gasteiger partial charge in [0.05, 0.1) is 4.92 Å². The first-order valence-electron chi connectivity index (χ1n) is 8.18. The van der Waals surface area contributed by atoms with E-state index in [1.54, 1.807) is 12.1 Å². The van der Waals surface area contributed by atoms with Gasteiger partial charge in [0.25, 0.3) is 5.69 Å². The van der Waals surface area contributed by atoms with Crippen LogP contribution >= 0.6 is 0 Å². The molecule has 1 aromatic carbocycles. The number of hydrogen-bond acceptors (Lipinski definition) is 4. The van der Waals surface area contributed by atoms with E-state index in [2.05, 4.69) is 0 Å². The van der Waals surface area contributed by atoms with Crippen molar-refractivity contribution in [2.75, 3.05) is 0 Å². The van der Waals surface area contributed by atoms with Gasteiger partial charge in [-0.15, -0.1) is 0 Å². The third kappa shape index (κ3) is 4.51. The molecule has 23 heavy (non-hydrogen) atoms. The molecule has 2 rings (SSSR count). The lowest BCUT2D eigenvalue weighted by Gasteiger charge is -2.34. The van der Waals surface area contributed by atoms with Crippen LogP contribution in [0.1, 0.15) is 45.1 Å². The SMILES string of the molecule is CC(C)N(Cc1ccc([N+](=O)[O-])cc1)C(=O)C1CCCC(N)C1. The van der Waals surface area contributed by atoms with Crippen molar-refractivity contribution in [3.63, 3.8) is 0 Å². The van der Waals surface area contributed by atoms with E-state index in [0.717, 1.165) is 31.2 Å². The summed E-state index contributed by atoms with van der Waals surface area (Å²) in [7, 11) is 0. The van der Waals surface area contributed by atoms with Crippen LogP contribution in [-0.4, -0.2) is 27.8 Å². The molecule has 1 aliphatic carbocycles. The summed E-state index contributed by atoms with van der Waals surface area (Å²) in [5.41, 5.74) is 6.97. The van der Waals surface area contributed by atoms with Crippen LogP contribution in [0.2, 0.25) is 0 Å². The Morgan fingerprint density at radius 3 is 2.52 bits per heavy atom. The average Bonchev–Trinajstić information content (AvgIpc) is 2.52. The molecule has 1 amide bonds. The molecule has 0 aromatic heterocycles. The third-order valence-electron chi connectivity index (χ3n) is 4.47. The Kier molecular flexibility index (Phi) is 5.71. The van der Waals surface area contributed by atoms with Crippen molar-refractivity contribution < 1.29 is 9.72 Å². The molecule has 0 spiro atoms. The normalized spacial score (nSPS) is 21.2. The molecule has 6 nitrogen and oxygen atoms in total. The minimum absolute atomic E-state index is 0.000742. The minimum atomic E-state index is -0.418. The Balaban J connectivity index is 2.08. The van der Waals surface area contributed by atoms with E-state index in [9.17, 15) is 14.9 Å². The maximum Gasteiger partial charge on any atom is 0.269 e. The van der Waals surface area contributed by atoms with Gasteiger partial charge in [0.1, 0.15) is 0 Å². The van der Waals surface area contributed by atoms with Gasteiger partial charge in [0.15, 0.2) is 0 Å². The van der Waals surface area contributed by atoms with E-state index < -0.39 is 4.92 Å². The number of nitro groups is 1. The van der Waals surface area contributed by atoms with Gasteiger partial charge >= 0.3 is 0 Å². The van der Waals surface area contributed by atoms with Crippen molar-refractivity contribution in [2.45, 2.75) is 58.2 Å². The third-order valence-corrected chi connectivity index (χ3v) is 4.47. The van der Waals surface area contributed by atoms with E-state index >= 15 is 0 Å². The molecule has 1 fully saturated rings. The fourth-order valence-corrected chi connectivity index (χ4v) is 3.12. The Morgan fingerprint density at radius 2 is 2.00 bits per heavy atom. The average molecular weight is 319 g/mol. The van der Waals surface area contributed by atoms with Gasteiger partial charge in [-0.2, -0.15) is 0 Å². The first kappa shape index (κ1) is 17.4.